The highest BCUT2D eigenvalue weighted by Gasteiger charge is 2.20. The minimum Gasteiger partial charge on any atom is -0.490 e. The molecule has 28 heavy (non-hydrogen) atoms. The lowest BCUT2D eigenvalue weighted by atomic mass is 10.1. The Labute approximate surface area is 177 Å². The van der Waals surface area contributed by atoms with Crippen LogP contribution in [0.25, 0.3) is 0 Å². The number of rotatable bonds is 10. The molecule has 1 unspecified atom stereocenters. The second-order valence-corrected chi connectivity index (χ2v) is 7.75. The number of benzene rings is 1. The van der Waals surface area contributed by atoms with E-state index in [1.54, 1.807) is 30.4 Å². The maximum Gasteiger partial charge on any atom is 0.311 e. The lowest BCUT2D eigenvalue weighted by molar-refractivity contribution is -0.154. The molecule has 8 heteroatoms. The Morgan fingerprint density at radius 2 is 1.86 bits per heavy atom. The van der Waals surface area contributed by atoms with Gasteiger partial charge in [-0.3, -0.25) is 9.59 Å². The summed E-state index contributed by atoms with van der Waals surface area (Å²) in [5.74, 6) is 0.348. The molecule has 0 aliphatic rings. The van der Waals surface area contributed by atoms with Crippen molar-refractivity contribution in [1.82, 2.24) is 5.32 Å². The minimum absolute atomic E-state index is 0.00953. The normalized spacial score (nSPS) is 11.6. The zero-order chi connectivity index (χ0) is 20.5. The van der Waals surface area contributed by atoms with Crippen molar-refractivity contribution in [1.29, 1.82) is 0 Å². The maximum absolute atomic E-state index is 12.3. The molecule has 6 nitrogen and oxygen atoms in total. The second-order valence-electron chi connectivity index (χ2n) is 5.86. The van der Waals surface area contributed by atoms with E-state index in [-0.39, 0.29) is 12.3 Å². The number of carbonyl (C=O) groups excluding carboxylic acids is 2. The Balaban J connectivity index is 1.95. The van der Waals surface area contributed by atoms with E-state index >= 15 is 0 Å². The predicted molar refractivity (Wildman–Crippen MR) is 112 cm³/mol. The number of ether oxygens (including phenoxy) is 3. The van der Waals surface area contributed by atoms with Gasteiger partial charge in [-0.2, -0.15) is 0 Å². The van der Waals surface area contributed by atoms with E-state index in [0.717, 1.165) is 4.88 Å². The monoisotopic (exact) mass is 469 g/mol. The van der Waals surface area contributed by atoms with Gasteiger partial charge in [-0.25, -0.2) is 0 Å². The van der Waals surface area contributed by atoms with Gasteiger partial charge in [0.1, 0.15) is 0 Å². The van der Waals surface area contributed by atoms with E-state index in [1.165, 1.54) is 0 Å². The van der Waals surface area contributed by atoms with Crippen LogP contribution in [-0.4, -0.2) is 31.2 Å². The Hall–Kier alpha value is -2.06. The summed E-state index contributed by atoms with van der Waals surface area (Å²) in [4.78, 5) is 25.5. The van der Waals surface area contributed by atoms with Gasteiger partial charge in [0.15, 0.2) is 17.6 Å². The van der Waals surface area contributed by atoms with Crippen molar-refractivity contribution in [2.75, 3.05) is 13.2 Å². The molecule has 1 amide bonds. The Morgan fingerprint density at radius 1 is 1.18 bits per heavy atom. The third-order valence-electron chi connectivity index (χ3n) is 3.74. The van der Waals surface area contributed by atoms with E-state index < -0.39 is 12.1 Å². The summed E-state index contributed by atoms with van der Waals surface area (Å²) in [6.45, 7) is 6.72. The summed E-state index contributed by atoms with van der Waals surface area (Å²) in [6, 6.07) is 7.37. The molecule has 0 fully saturated rings. The van der Waals surface area contributed by atoms with Crippen LogP contribution in [0.4, 0.5) is 0 Å². The van der Waals surface area contributed by atoms with E-state index in [1.807, 2.05) is 31.4 Å². The molecule has 0 saturated carbocycles. The SMILES string of the molecule is CCOc1cc(Br)c(CC(=O)OC(C)C(=O)NCc2cccs2)cc1OCC. The zero-order valence-corrected chi connectivity index (χ0v) is 18.5. The fourth-order valence-corrected chi connectivity index (χ4v) is 3.54. The second kappa shape index (κ2) is 11.1. The van der Waals surface area contributed by atoms with Crippen molar-refractivity contribution in [2.45, 2.75) is 39.8 Å². The van der Waals surface area contributed by atoms with Gasteiger partial charge in [0.05, 0.1) is 26.2 Å². The summed E-state index contributed by atoms with van der Waals surface area (Å²) in [5, 5.41) is 4.70. The molecule has 0 aliphatic heterocycles. The van der Waals surface area contributed by atoms with Gasteiger partial charge >= 0.3 is 5.97 Å². The average molecular weight is 470 g/mol. The fourth-order valence-electron chi connectivity index (χ4n) is 2.43. The van der Waals surface area contributed by atoms with Crippen LogP contribution in [-0.2, 0) is 27.3 Å². The Kier molecular flexibility index (Phi) is 8.79. The number of hydrogen-bond donors (Lipinski definition) is 1. The number of amides is 1. The summed E-state index contributed by atoms with van der Waals surface area (Å²) < 4.78 is 17.1. The van der Waals surface area contributed by atoms with Crippen molar-refractivity contribution in [3.63, 3.8) is 0 Å². The molecule has 0 radical (unpaired) electrons. The molecule has 0 aliphatic carbocycles. The summed E-state index contributed by atoms with van der Waals surface area (Å²) in [6.07, 6.45) is -0.865. The Morgan fingerprint density at radius 3 is 2.46 bits per heavy atom. The first-order valence-electron chi connectivity index (χ1n) is 9.02. The first-order valence-corrected chi connectivity index (χ1v) is 10.7. The van der Waals surface area contributed by atoms with Crippen LogP contribution >= 0.6 is 27.3 Å². The first-order chi connectivity index (χ1) is 13.4. The molecule has 2 aromatic rings. The molecule has 1 aromatic heterocycles. The van der Waals surface area contributed by atoms with E-state index in [9.17, 15) is 9.59 Å². The van der Waals surface area contributed by atoms with Crippen molar-refractivity contribution >= 4 is 39.1 Å². The minimum atomic E-state index is -0.875. The highest BCUT2D eigenvalue weighted by molar-refractivity contribution is 9.10. The smallest absolute Gasteiger partial charge is 0.311 e. The maximum atomic E-state index is 12.3. The molecule has 1 aromatic carbocycles. The largest absolute Gasteiger partial charge is 0.490 e. The lowest BCUT2D eigenvalue weighted by Gasteiger charge is -2.16. The summed E-state index contributed by atoms with van der Waals surface area (Å²) in [5.41, 5.74) is 0.697. The third-order valence-corrected chi connectivity index (χ3v) is 5.36. The third kappa shape index (κ3) is 6.53. The van der Waals surface area contributed by atoms with Crippen LogP contribution in [0.15, 0.2) is 34.1 Å². The van der Waals surface area contributed by atoms with Crippen molar-refractivity contribution < 1.29 is 23.8 Å². The van der Waals surface area contributed by atoms with E-state index in [0.29, 0.717) is 41.3 Å². The molecule has 1 N–H and O–H groups in total. The number of thiophene rings is 1. The average Bonchev–Trinajstić information content (AvgIpc) is 3.17. The Bertz CT molecular complexity index is 794. The predicted octanol–water partition coefficient (Wildman–Crippen LogP) is 4.10. The quantitative estimate of drug-likeness (QED) is 0.530. The van der Waals surface area contributed by atoms with E-state index in [2.05, 4.69) is 21.2 Å². The number of nitrogens with one attached hydrogen (secondary N) is 1. The topological polar surface area (TPSA) is 73.9 Å². The van der Waals surface area contributed by atoms with Crippen LogP contribution < -0.4 is 14.8 Å². The fraction of sp³-hybridized carbons (Fsp3) is 0.400. The van der Waals surface area contributed by atoms with Gasteiger partial charge in [0.25, 0.3) is 5.91 Å². The van der Waals surface area contributed by atoms with Gasteiger partial charge in [-0.1, -0.05) is 22.0 Å². The van der Waals surface area contributed by atoms with Crippen LogP contribution in [0.3, 0.4) is 0 Å². The molecular formula is C20H24BrNO5S. The summed E-state index contributed by atoms with van der Waals surface area (Å²) >= 11 is 5.01. The molecular weight excluding hydrogens is 446 g/mol. The molecule has 0 spiro atoms. The molecule has 1 heterocycles. The van der Waals surface area contributed by atoms with Gasteiger partial charge in [-0.15, -0.1) is 11.3 Å². The standard InChI is InChI=1S/C20H24BrNO5S/c1-4-25-17-9-14(16(21)11-18(17)26-5-2)10-19(23)27-13(3)20(24)22-12-15-7-6-8-28-15/h6-9,11,13H,4-5,10,12H2,1-3H3,(H,22,24). The zero-order valence-electron chi connectivity index (χ0n) is 16.1. The number of esters is 1. The van der Waals surface area contributed by atoms with Crippen LogP contribution in [0.2, 0.25) is 0 Å². The van der Waals surface area contributed by atoms with Gasteiger partial charge in [-0.05, 0) is 49.9 Å². The molecule has 0 bridgehead atoms. The highest BCUT2D eigenvalue weighted by Crippen LogP contribution is 2.34. The number of carbonyl (C=O) groups is 2. The molecule has 2 rings (SSSR count). The van der Waals surface area contributed by atoms with E-state index in [4.69, 9.17) is 14.2 Å². The molecule has 0 saturated heterocycles. The number of halogens is 1. The van der Waals surface area contributed by atoms with Crippen LogP contribution in [0.1, 0.15) is 31.2 Å². The summed E-state index contributed by atoms with van der Waals surface area (Å²) in [7, 11) is 0. The first kappa shape index (κ1) is 22.2. The molecule has 1 atom stereocenters. The van der Waals surface area contributed by atoms with Crippen molar-refractivity contribution in [3.8, 4) is 11.5 Å². The van der Waals surface area contributed by atoms with Crippen molar-refractivity contribution in [3.05, 3.63) is 44.6 Å². The number of hydrogen-bond acceptors (Lipinski definition) is 6. The highest BCUT2D eigenvalue weighted by atomic mass is 79.9. The van der Waals surface area contributed by atoms with Crippen LogP contribution in [0, 0.1) is 0 Å². The van der Waals surface area contributed by atoms with Gasteiger partial charge in [0, 0.05) is 9.35 Å². The van der Waals surface area contributed by atoms with Crippen molar-refractivity contribution in [2.24, 2.45) is 0 Å². The van der Waals surface area contributed by atoms with Gasteiger partial charge < -0.3 is 19.5 Å². The van der Waals surface area contributed by atoms with Crippen LogP contribution in [0.5, 0.6) is 11.5 Å². The van der Waals surface area contributed by atoms with Gasteiger partial charge in [0.2, 0.25) is 0 Å². The lowest BCUT2D eigenvalue weighted by Crippen LogP contribution is -2.35. The molecule has 152 valence electrons.